The molecule has 1 fully saturated rings. The number of fused-ring (bicyclic) bond motifs is 3. The summed E-state index contributed by atoms with van der Waals surface area (Å²) in [7, 11) is 0. The van der Waals surface area contributed by atoms with E-state index in [9.17, 15) is 4.79 Å². The van der Waals surface area contributed by atoms with Gasteiger partial charge in [-0.25, -0.2) is 0 Å². The second-order valence-electron chi connectivity index (χ2n) is 7.83. The number of aromatic nitrogens is 1. The van der Waals surface area contributed by atoms with E-state index in [1.54, 1.807) is 0 Å². The Morgan fingerprint density at radius 2 is 2.24 bits per heavy atom. The maximum Gasteiger partial charge on any atom is 0.251 e. The Kier molecular flexibility index (Phi) is 4.55. The quantitative estimate of drug-likeness (QED) is 0.895. The summed E-state index contributed by atoms with van der Waals surface area (Å²) in [6.07, 6.45) is 5.93. The van der Waals surface area contributed by atoms with Crippen LogP contribution in [0.15, 0.2) is 18.2 Å². The van der Waals surface area contributed by atoms with Crippen molar-refractivity contribution in [3.8, 4) is 0 Å². The number of likely N-dealkylation sites (tertiary alicyclic amines) is 1. The number of aromatic amines is 1. The molecule has 0 saturated carbocycles. The van der Waals surface area contributed by atoms with Crippen LogP contribution in [0.25, 0.3) is 10.9 Å². The minimum absolute atomic E-state index is 0.0589. The average molecular weight is 339 g/mol. The smallest absolute Gasteiger partial charge is 0.251 e. The lowest BCUT2D eigenvalue weighted by atomic mass is 9.87. The first kappa shape index (κ1) is 16.6. The minimum atomic E-state index is 0.0589. The van der Waals surface area contributed by atoms with Crippen molar-refractivity contribution in [2.45, 2.75) is 52.0 Å². The Balaban J connectivity index is 1.51. The zero-order valence-corrected chi connectivity index (χ0v) is 15.4. The molecule has 0 radical (unpaired) electrons. The molecule has 0 unspecified atom stereocenters. The van der Waals surface area contributed by atoms with Gasteiger partial charge in [-0.1, -0.05) is 13.8 Å². The van der Waals surface area contributed by atoms with Gasteiger partial charge in [-0.2, -0.15) is 0 Å². The number of nitrogens with one attached hydrogen (secondary N) is 2. The maximum atomic E-state index is 12.7. The highest BCUT2D eigenvalue weighted by molar-refractivity contribution is 5.99. The van der Waals surface area contributed by atoms with E-state index in [1.165, 1.54) is 41.4 Å². The lowest BCUT2D eigenvalue weighted by Gasteiger charge is -2.22. The van der Waals surface area contributed by atoms with Gasteiger partial charge in [-0.3, -0.25) is 9.69 Å². The third-order valence-corrected chi connectivity index (χ3v) is 6.10. The molecule has 1 saturated heterocycles. The molecule has 4 nitrogen and oxygen atoms in total. The lowest BCUT2D eigenvalue weighted by molar-refractivity contribution is 0.0941. The summed E-state index contributed by atoms with van der Waals surface area (Å²) in [6, 6.07) is 6.61. The van der Waals surface area contributed by atoms with Crippen molar-refractivity contribution < 1.29 is 4.79 Å². The van der Waals surface area contributed by atoms with Crippen molar-refractivity contribution >= 4 is 16.8 Å². The van der Waals surface area contributed by atoms with E-state index in [2.05, 4.69) is 41.2 Å². The number of rotatable bonds is 4. The molecule has 2 atom stereocenters. The summed E-state index contributed by atoms with van der Waals surface area (Å²) in [5, 5.41) is 4.40. The summed E-state index contributed by atoms with van der Waals surface area (Å²) in [4.78, 5) is 18.7. The van der Waals surface area contributed by atoms with Crippen LogP contribution in [0.4, 0.5) is 0 Å². The Morgan fingerprint density at radius 3 is 3.08 bits per heavy atom. The highest BCUT2D eigenvalue weighted by Gasteiger charge is 2.24. The Bertz CT molecular complexity index is 779. The van der Waals surface area contributed by atoms with E-state index in [0.29, 0.717) is 6.04 Å². The maximum absolute atomic E-state index is 12.7. The highest BCUT2D eigenvalue weighted by Crippen LogP contribution is 2.32. The minimum Gasteiger partial charge on any atom is -0.358 e. The van der Waals surface area contributed by atoms with E-state index >= 15 is 0 Å². The standard InChI is InChI=1S/C21H29N3O/c1-3-24-10-4-5-16(24)13-22-21(25)15-7-9-20-18(12-15)17-11-14(2)6-8-19(17)23-20/h7,9,12,14,16,23H,3-6,8,10-11,13H2,1-2H3,(H,22,25)/t14-,16+/m1/s1. The van der Waals surface area contributed by atoms with Crippen molar-refractivity contribution in [3.63, 3.8) is 0 Å². The zero-order chi connectivity index (χ0) is 17.4. The number of carbonyl (C=O) groups is 1. The van der Waals surface area contributed by atoms with E-state index in [0.717, 1.165) is 44.0 Å². The van der Waals surface area contributed by atoms with E-state index in [1.807, 2.05) is 6.07 Å². The number of nitrogens with zero attached hydrogens (tertiary/aromatic N) is 1. The zero-order valence-electron chi connectivity index (χ0n) is 15.4. The number of carbonyl (C=O) groups excluding carboxylic acids is 1. The van der Waals surface area contributed by atoms with Crippen LogP contribution >= 0.6 is 0 Å². The van der Waals surface area contributed by atoms with E-state index < -0.39 is 0 Å². The normalized spacial score (nSPS) is 23.8. The second-order valence-corrected chi connectivity index (χ2v) is 7.83. The molecule has 2 aromatic rings. The molecule has 1 aliphatic heterocycles. The SMILES string of the molecule is CCN1CCC[C@H]1CNC(=O)c1ccc2[nH]c3c(c2c1)C[C@H](C)CC3. The monoisotopic (exact) mass is 339 g/mol. The van der Waals surface area contributed by atoms with Gasteiger partial charge in [0.05, 0.1) is 0 Å². The molecule has 2 aliphatic rings. The fourth-order valence-corrected chi connectivity index (χ4v) is 4.59. The van der Waals surface area contributed by atoms with Crippen molar-refractivity contribution in [1.82, 2.24) is 15.2 Å². The highest BCUT2D eigenvalue weighted by atomic mass is 16.1. The molecule has 4 heteroatoms. The first-order valence-corrected chi connectivity index (χ1v) is 9.81. The largest absolute Gasteiger partial charge is 0.358 e. The third kappa shape index (κ3) is 3.20. The molecule has 25 heavy (non-hydrogen) atoms. The molecule has 4 rings (SSSR count). The van der Waals surface area contributed by atoms with Crippen LogP contribution in [0.2, 0.25) is 0 Å². The lowest BCUT2D eigenvalue weighted by Crippen LogP contribution is -2.40. The van der Waals surface area contributed by atoms with Gasteiger partial charge < -0.3 is 10.3 Å². The molecular formula is C21H29N3O. The summed E-state index contributed by atoms with van der Waals surface area (Å²) < 4.78 is 0. The summed E-state index contributed by atoms with van der Waals surface area (Å²) in [5.41, 5.74) is 4.75. The van der Waals surface area contributed by atoms with Gasteiger partial charge in [-0.15, -0.1) is 0 Å². The van der Waals surface area contributed by atoms with Gasteiger partial charge in [0.15, 0.2) is 0 Å². The summed E-state index contributed by atoms with van der Waals surface area (Å²) in [5.74, 6) is 0.787. The van der Waals surface area contributed by atoms with Gasteiger partial charge in [0, 0.05) is 34.7 Å². The van der Waals surface area contributed by atoms with Crippen LogP contribution < -0.4 is 5.32 Å². The van der Waals surface area contributed by atoms with Crippen molar-refractivity contribution in [3.05, 3.63) is 35.0 Å². The molecule has 1 amide bonds. The molecule has 1 aromatic heterocycles. The van der Waals surface area contributed by atoms with Crippen LogP contribution in [-0.2, 0) is 12.8 Å². The fraction of sp³-hybridized carbons (Fsp3) is 0.571. The van der Waals surface area contributed by atoms with Gasteiger partial charge in [0.2, 0.25) is 0 Å². The van der Waals surface area contributed by atoms with Crippen LogP contribution in [0.3, 0.4) is 0 Å². The predicted molar refractivity (Wildman–Crippen MR) is 102 cm³/mol. The number of hydrogen-bond acceptors (Lipinski definition) is 2. The number of H-pyrrole nitrogens is 1. The number of aryl methyl sites for hydroxylation is 1. The summed E-state index contributed by atoms with van der Waals surface area (Å²) >= 11 is 0. The number of hydrogen-bond donors (Lipinski definition) is 2. The van der Waals surface area contributed by atoms with Gasteiger partial charge >= 0.3 is 0 Å². The second kappa shape index (κ2) is 6.83. The molecule has 1 aromatic carbocycles. The first-order valence-electron chi connectivity index (χ1n) is 9.81. The molecule has 0 spiro atoms. The number of amides is 1. The molecule has 134 valence electrons. The van der Waals surface area contributed by atoms with Crippen molar-refractivity contribution in [2.75, 3.05) is 19.6 Å². The van der Waals surface area contributed by atoms with E-state index in [4.69, 9.17) is 0 Å². The van der Waals surface area contributed by atoms with Crippen molar-refractivity contribution in [1.29, 1.82) is 0 Å². The summed E-state index contributed by atoms with van der Waals surface area (Å²) in [6.45, 7) is 7.51. The Labute approximate surface area is 150 Å². The van der Waals surface area contributed by atoms with Gasteiger partial charge in [-0.05, 0) is 74.9 Å². The fourth-order valence-electron chi connectivity index (χ4n) is 4.59. The molecule has 0 bridgehead atoms. The topological polar surface area (TPSA) is 48.1 Å². The van der Waals surface area contributed by atoms with Crippen molar-refractivity contribution in [2.24, 2.45) is 5.92 Å². The third-order valence-electron chi connectivity index (χ3n) is 6.10. The van der Waals surface area contributed by atoms with Crippen LogP contribution in [0.5, 0.6) is 0 Å². The molecule has 2 heterocycles. The number of benzene rings is 1. The van der Waals surface area contributed by atoms with E-state index in [-0.39, 0.29) is 5.91 Å². The van der Waals surface area contributed by atoms with Crippen LogP contribution in [0, 0.1) is 5.92 Å². The average Bonchev–Trinajstić information content (AvgIpc) is 3.22. The van der Waals surface area contributed by atoms with Crippen LogP contribution in [0.1, 0.15) is 54.7 Å². The predicted octanol–water partition coefficient (Wildman–Crippen LogP) is 3.51. The Morgan fingerprint density at radius 1 is 1.36 bits per heavy atom. The van der Waals surface area contributed by atoms with Gasteiger partial charge in [0.1, 0.15) is 0 Å². The Hall–Kier alpha value is -1.81. The molecule has 2 N–H and O–H groups in total. The number of likely N-dealkylation sites (N-methyl/N-ethyl adjacent to an activating group) is 1. The first-order chi connectivity index (χ1) is 12.2. The molecular weight excluding hydrogens is 310 g/mol. The van der Waals surface area contributed by atoms with Gasteiger partial charge in [0.25, 0.3) is 5.91 Å². The van der Waals surface area contributed by atoms with Crippen LogP contribution in [-0.4, -0.2) is 41.5 Å². The molecule has 1 aliphatic carbocycles.